The number of rotatable bonds is 10. The first kappa shape index (κ1) is 34.5. The zero-order valence-electron chi connectivity index (χ0n) is 26.7. The first-order valence-electron chi connectivity index (χ1n) is 15.5. The number of nitrogens with zero attached hydrogens (tertiary/aromatic N) is 7. The second-order valence-corrected chi connectivity index (χ2v) is 11.4. The van der Waals surface area contributed by atoms with Gasteiger partial charge in [0.25, 0.3) is 0 Å². The number of allylic oxidation sites excluding steroid dienone is 11. The van der Waals surface area contributed by atoms with Crippen LogP contribution in [-0.2, 0) is 10.2 Å². The van der Waals surface area contributed by atoms with Gasteiger partial charge in [-0.05, 0) is 41.2 Å². The van der Waals surface area contributed by atoms with E-state index >= 15 is 0 Å². The predicted octanol–water partition coefficient (Wildman–Crippen LogP) is 7.12. The van der Waals surface area contributed by atoms with E-state index in [1.165, 1.54) is 0 Å². The summed E-state index contributed by atoms with van der Waals surface area (Å²) in [5.74, 6) is -1.78. The van der Waals surface area contributed by atoms with Crippen LogP contribution in [0.15, 0.2) is 125 Å². The molecule has 1 saturated heterocycles. The van der Waals surface area contributed by atoms with E-state index in [1.807, 2.05) is 66.8 Å². The summed E-state index contributed by atoms with van der Waals surface area (Å²) in [6.45, 7) is 4.39. The quantitative estimate of drug-likeness (QED) is 0.199. The molecule has 1 heterocycles. The summed E-state index contributed by atoms with van der Waals surface area (Å²) in [5, 5.41) is 59.2. The monoisotopic (exact) mass is 627 g/mol. The van der Waals surface area contributed by atoms with Crippen molar-refractivity contribution in [3.8, 4) is 36.4 Å². The second-order valence-electron chi connectivity index (χ2n) is 11.4. The molecule has 2 aromatic rings. The summed E-state index contributed by atoms with van der Waals surface area (Å²) in [7, 11) is 0. The Balaban J connectivity index is 1.72. The van der Waals surface area contributed by atoms with E-state index in [0.29, 0.717) is 31.9 Å². The molecule has 8 heteroatoms. The van der Waals surface area contributed by atoms with E-state index in [1.54, 1.807) is 49.4 Å². The fourth-order valence-corrected chi connectivity index (χ4v) is 6.12. The van der Waals surface area contributed by atoms with Crippen LogP contribution in [0.5, 0.6) is 0 Å². The average molecular weight is 628 g/mol. The molecular formula is C40H33N7O. The molecule has 0 bridgehead atoms. The summed E-state index contributed by atoms with van der Waals surface area (Å²) in [4.78, 5) is 2.28. The number of nitriles is 6. The van der Waals surface area contributed by atoms with Crippen LogP contribution in [0.25, 0.3) is 5.57 Å². The van der Waals surface area contributed by atoms with Gasteiger partial charge in [0, 0.05) is 29.8 Å². The normalized spacial score (nSPS) is 17.5. The first-order chi connectivity index (χ1) is 23.5. The van der Waals surface area contributed by atoms with Crippen molar-refractivity contribution in [1.29, 1.82) is 31.6 Å². The standard InChI is InChI=1S/C40H33N7O/c1-40(37(28-45)29-46,35-15-6-3-7-16-35)36(27-44)17-9-13-32-19-18-31(39(32)47-20-22-48-23-21-47)12-8-14-33(24-41)38(34(25-42)26-43)30-10-4-2-5-11-30/h2-17,36-37H,18-23H2,1H3. The lowest BCUT2D eigenvalue weighted by atomic mass is 9.65. The van der Waals surface area contributed by atoms with Gasteiger partial charge in [-0.1, -0.05) is 98.0 Å². The third-order valence-electron chi connectivity index (χ3n) is 8.73. The Labute approximate surface area is 282 Å². The third-order valence-corrected chi connectivity index (χ3v) is 8.73. The number of morpholine rings is 1. The first-order valence-corrected chi connectivity index (χ1v) is 15.5. The molecule has 1 aliphatic heterocycles. The molecule has 2 unspecified atom stereocenters. The van der Waals surface area contributed by atoms with Crippen molar-refractivity contribution < 1.29 is 4.74 Å². The minimum atomic E-state index is -1.05. The van der Waals surface area contributed by atoms with Crippen LogP contribution < -0.4 is 0 Å². The Bertz CT molecular complexity index is 1910. The molecule has 1 fully saturated rings. The molecule has 2 aromatic carbocycles. The molecule has 0 radical (unpaired) electrons. The Morgan fingerprint density at radius 2 is 1.46 bits per heavy atom. The Hall–Kier alpha value is -6.42. The number of ether oxygens (including phenoxy) is 1. The smallest absolute Gasteiger partial charge is 0.144 e. The predicted molar refractivity (Wildman–Crippen MR) is 181 cm³/mol. The van der Waals surface area contributed by atoms with Crippen molar-refractivity contribution in [2.24, 2.45) is 11.8 Å². The molecule has 0 N–H and O–H groups in total. The van der Waals surface area contributed by atoms with Gasteiger partial charge in [-0.15, -0.1) is 0 Å². The maximum atomic E-state index is 10.2. The Morgan fingerprint density at radius 3 is 2.04 bits per heavy atom. The molecule has 0 aromatic heterocycles. The van der Waals surface area contributed by atoms with Crippen LogP contribution >= 0.6 is 0 Å². The maximum Gasteiger partial charge on any atom is 0.144 e. The summed E-state index contributed by atoms with van der Waals surface area (Å²) in [5.41, 5.74) is 3.87. The van der Waals surface area contributed by atoms with Gasteiger partial charge in [0.15, 0.2) is 0 Å². The topological polar surface area (TPSA) is 155 Å². The van der Waals surface area contributed by atoms with Crippen LogP contribution in [0.3, 0.4) is 0 Å². The van der Waals surface area contributed by atoms with Crippen molar-refractivity contribution in [2.45, 2.75) is 25.2 Å². The maximum absolute atomic E-state index is 10.2. The SMILES string of the molecule is CC(c1ccccc1)(C(C#N)C#N)C(C#N)C=CC=C1CCC(C=CC=C(C#N)C(=C(C#N)C#N)c2ccccc2)=C1N1CCOCC1. The number of hydrogen-bond donors (Lipinski definition) is 0. The van der Waals surface area contributed by atoms with Gasteiger partial charge < -0.3 is 9.64 Å². The van der Waals surface area contributed by atoms with E-state index in [0.717, 1.165) is 35.2 Å². The Morgan fingerprint density at radius 1 is 0.812 bits per heavy atom. The van der Waals surface area contributed by atoms with Crippen LogP contribution in [0, 0.1) is 79.8 Å². The molecule has 1 aliphatic carbocycles. The second kappa shape index (κ2) is 16.8. The fourth-order valence-electron chi connectivity index (χ4n) is 6.12. The highest BCUT2D eigenvalue weighted by molar-refractivity contribution is 5.89. The van der Waals surface area contributed by atoms with Crippen molar-refractivity contribution in [2.75, 3.05) is 26.3 Å². The molecule has 0 saturated carbocycles. The summed E-state index contributed by atoms with van der Waals surface area (Å²) in [6, 6.07) is 30.7. The fraction of sp³-hybridized carbons (Fsp3) is 0.250. The minimum Gasteiger partial charge on any atom is -0.378 e. The lowest BCUT2D eigenvalue weighted by Gasteiger charge is -2.34. The number of hydrogen-bond acceptors (Lipinski definition) is 8. The molecule has 2 aliphatic rings. The highest BCUT2D eigenvalue weighted by Crippen LogP contribution is 2.40. The van der Waals surface area contributed by atoms with Crippen LogP contribution in [0.1, 0.15) is 30.9 Å². The Kier molecular flexibility index (Phi) is 12.0. The molecular weight excluding hydrogens is 594 g/mol. The average Bonchev–Trinajstić information content (AvgIpc) is 3.55. The largest absolute Gasteiger partial charge is 0.378 e. The number of benzene rings is 2. The highest BCUT2D eigenvalue weighted by Gasteiger charge is 2.43. The lowest BCUT2D eigenvalue weighted by Crippen LogP contribution is -2.37. The van der Waals surface area contributed by atoms with E-state index < -0.39 is 17.3 Å². The van der Waals surface area contributed by atoms with Gasteiger partial charge in [0.2, 0.25) is 0 Å². The summed E-state index contributed by atoms with van der Waals surface area (Å²) < 4.78 is 5.61. The molecule has 2 atom stereocenters. The molecule has 0 amide bonds. The highest BCUT2D eigenvalue weighted by atomic mass is 16.5. The third kappa shape index (κ3) is 7.51. The van der Waals surface area contributed by atoms with Crippen molar-refractivity contribution in [3.05, 3.63) is 136 Å². The minimum absolute atomic E-state index is 0.136. The van der Waals surface area contributed by atoms with E-state index in [4.69, 9.17) is 4.74 Å². The van der Waals surface area contributed by atoms with Crippen molar-refractivity contribution in [1.82, 2.24) is 4.90 Å². The lowest BCUT2D eigenvalue weighted by molar-refractivity contribution is 0.0547. The van der Waals surface area contributed by atoms with Gasteiger partial charge in [-0.2, -0.15) is 31.6 Å². The summed E-state index contributed by atoms with van der Waals surface area (Å²) in [6.07, 6.45) is 12.5. The molecule has 48 heavy (non-hydrogen) atoms. The van der Waals surface area contributed by atoms with E-state index in [2.05, 4.69) is 29.2 Å². The van der Waals surface area contributed by atoms with Gasteiger partial charge in [-0.25, -0.2) is 0 Å². The molecule has 8 nitrogen and oxygen atoms in total. The van der Waals surface area contributed by atoms with Crippen LogP contribution in [0.4, 0.5) is 0 Å². The molecule has 234 valence electrons. The van der Waals surface area contributed by atoms with Crippen LogP contribution in [0.2, 0.25) is 0 Å². The zero-order valence-corrected chi connectivity index (χ0v) is 26.7. The van der Waals surface area contributed by atoms with Gasteiger partial charge >= 0.3 is 0 Å². The van der Waals surface area contributed by atoms with Gasteiger partial charge in [-0.3, -0.25) is 0 Å². The molecule has 4 rings (SSSR count). The van der Waals surface area contributed by atoms with Crippen molar-refractivity contribution >= 4 is 5.57 Å². The van der Waals surface area contributed by atoms with Gasteiger partial charge in [0.1, 0.15) is 23.6 Å². The van der Waals surface area contributed by atoms with E-state index in [9.17, 15) is 31.6 Å². The van der Waals surface area contributed by atoms with Gasteiger partial charge in [0.05, 0.1) is 49.0 Å². The van der Waals surface area contributed by atoms with E-state index in [-0.39, 0.29) is 16.7 Å². The van der Waals surface area contributed by atoms with Crippen LogP contribution in [-0.4, -0.2) is 31.2 Å². The van der Waals surface area contributed by atoms with Crippen molar-refractivity contribution in [3.63, 3.8) is 0 Å². The molecule has 0 spiro atoms. The summed E-state index contributed by atoms with van der Waals surface area (Å²) >= 11 is 0. The zero-order chi connectivity index (χ0) is 34.4.